The number of anilines is 1. The van der Waals surface area contributed by atoms with Gasteiger partial charge in [-0.05, 0) is 31.4 Å². The van der Waals surface area contributed by atoms with Crippen molar-refractivity contribution in [2.24, 2.45) is 4.99 Å². The third-order valence-electron chi connectivity index (χ3n) is 4.59. The molecule has 0 bridgehead atoms. The number of hydrogen-bond acceptors (Lipinski definition) is 4. The smallest absolute Gasteiger partial charge is 0.237 e. The summed E-state index contributed by atoms with van der Waals surface area (Å²) in [5.74, 6) is 0.656. The molecule has 0 saturated carbocycles. The number of para-hydroxylation sites is 1. The summed E-state index contributed by atoms with van der Waals surface area (Å²) in [6, 6.07) is 7.64. The van der Waals surface area contributed by atoms with E-state index in [-0.39, 0.29) is 42.4 Å². The Morgan fingerprint density at radius 2 is 2.12 bits per heavy atom. The lowest BCUT2D eigenvalue weighted by Gasteiger charge is -2.22. The van der Waals surface area contributed by atoms with Crippen LogP contribution in [0.2, 0.25) is 0 Å². The molecular weight excluding hydrogens is 467 g/mol. The summed E-state index contributed by atoms with van der Waals surface area (Å²) >= 11 is 0. The molecule has 2 heterocycles. The van der Waals surface area contributed by atoms with Gasteiger partial charge in [-0.15, -0.1) is 24.0 Å². The Labute approximate surface area is 172 Å². The number of likely N-dealkylation sites (tertiary alicyclic amines) is 1. The fraction of sp³-hybridized carbons (Fsp3) is 0.588. The second-order valence-corrected chi connectivity index (χ2v) is 8.40. The van der Waals surface area contributed by atoms with Gasteiger partial charge in [-0.25, -0.2) is 8.42 Å². The first kappa shape index (κ1) is 21.2. The number of fused-ring (bicyclic) bond motifs is 1. The van der Waals surface area contributed by atoms with Crippen molar-refractivity contribution < 1.29 is 13.5 Å². The van der Waals surface area contributed by atoms with Crippen LogP contribution in [0.25, 0.3) is 0 Å². The van der Waals surface area contributed by atoms with Crippen molar-refractivity contribution in [1.29, 1.82) is 0 Å². The van der Waals surface area contributed by atoms with Gasteiger partial charge in [0, 0.05) is 26.2 Å². The number of hydrogen-bond donors (Lipinski definition) is 2. The number of benzene rings is 1. The zero-order chi connectivity index (χ0) is 17.9. The highest BCUT2D eigenvalue weighted by atomic mass is 127. The molecule has 26 heavy (non-hydrogen) atoms. The highest BCUT2D eigenvalue weighted by molar-refractivity contribution is 14.0. The molecule has 1 fully saturated rings. The van der Waals surface area contributed by atoms with Crippen molar-refractivity contribution >= 4 is 45.6 Å². The molecule has 7 nitrogen and oxygen atoms in total. The number of nitrogens with zero attached hydrogens (tertiary/aromatic N) is 3. The van der Waals surface area contributed by atoms with E-state index in [4.69, 9.17) is 0 Å². The maximum absolute atomic E-state index is 12.7. The highest BCUT2D eigenvalue weighted by Crippen LogP contribution is 2.29. The van der Waals surface area contributed by atoms with Crippen molar-refractivity contribution in [2.75, 3.05) is 42.8 Å². The van der Waals surface area contributed by atoms with Crippen LogP contribution in [0.3, 0.4) is 0 Å². The molecular formula is C17H27IN4O3S. The average molecular weight is 494 g/mol. The number of aliphatic imine (C=N–C) groups is 1. The van der Waals surface area contributed by atoms with Gasteiger partial charge in [0.2, 0.25) is 10.0 Å². The lowest BCUT2D eigenvalue weighted by Crippen LogP contribution is -2.41. The standard InChI is InChI=1S/C17H26N4O3S.HI/c1-2-18-17(20-10-8-15(22)13-20)19-9-12-25(23,24)21-11-7-14-5-3-4-6-16(14)21;/h3-6,15,22H,2,7-13H2,1H3,(H,18,19);1H/t15-;/m1./s1. The number of guanidine groups is 1. The molecule has 9 heteroatoms. The summed E-state index contributed by atoms with van der Waals surface area (Å²) in [5.41, 5.74) is 1.87. The Kier molecular flexibility index (Phi) is 7.53. The minimum atomic E-state index is -3.39. The number of nitrogens with one attached hydrogen (secondary N) is 1. The molecule has 146 valence electrons. The normalized spacial score (nSPS) is 20.1. The summed E-state index contributed by atoms with van der Waals surface area (Å²) in [6.45, 7) is 4.66. The molecule has 0 aliphatic carbocycles. The molecule has 0 radical (unpaired) electrons. The van der Waals surface area contributed by atoms with Gasteiger partial charge < -0.3 is 15.3 Å². The Balaban J connectivity index is 0.00000243. The second-order valence-electron chi connectivity index (χ2n) is 6.39. The van der Waals surface area contributed by atoms with Gasteiger partial charge >= 0.3 is 0 Å². The van der Waals surface area contributed by atoms with E-state index in [2.05, 4.69) is 10.3 Å². The van der Waals surface area contributed by atoms with Gasteiger partial charge in [-0.3, -0.25) is 9.30 Å². The van der Waals surface area contributed by atoms with Crippen molar-refractivity contribution in [3.8, 4) is 0 Å². The molecule has 1 atom stereocenters. The van der Waals surface area contributed by atoms with E-state index < -0.39 is 10.0 Å². The number of β-amino-alcohol motifs (C(OH)–C–C–N with tert-alkyl or cyclic N) is 1. The minimum absolute atomic E-state index is 0. The van der Waals surface area contributed by atoms with Crippen molar-refractivity contribution in [2.45, 2.75) is 25.9 Å². The van der Waals surface area contributed by atoms with E-state index >= 15 is 0 Å². The molecule has 1 saturated heterocycles. The van der Waals surface area contributed by atoms with Crippen LogP contribution in [-0.2, 0) is 16.4 Å². The lowest BCUT2D eigenvalue weighted by molar-refractivity contribution is 0.188. The van der Waals surface area contributed by atoms with Gasteiger partial charge in [0.1, 0.15) is 0 Å². The van der Waals surface area contributed by atoms with Crippen LogP contribution < -0.4 is 9.62 Å². The molecule has 1 aromatic rings. The Hall–Kier alpha value is -1.07. The first-order valence-corrected chi connectivity index (χ1v) is 10.4. The predicted octanol–water partition coefficient (Wildman–Crippen LogP) is 1.03. The zero-order valence-electron chi connectivity index (χ0n) is 15.0. The largest absolute Gasteiger partial charge is 0.391 e. The van der Waals surface area contributed by atoms with Crippen LogP contribution >= 0.6 is 24.0 Å². The molecule has 0 amide bonds. The maximum atomic E-state index is 12.7. The summed E-state index contributed by atoms with van der Waals surface area (Å²) in [6.07, 6.45) is 1.13. The molecule has 2 aliphatic rings. The lowest BCUT2D eigenvalue weighted by atomic mass is 10.2. The van der Waals surface area contributed by atoms with E-state index in [0.717, 1.165) is 24.2 Å². The molecule has 1 aromatic carbocycles. The SMILES string of the molecule is CCNC(=NCCS(=O)(=O)N1CCc2ccccc21)N1CC[C@@H](O)C1.I. The number of halogens is 1. The Morgan fingerprint density at radius 1 is 1.35 bits per heavy atom. The van der Waals surface area contributed by atoms with Gasteiger partial charge in [0.05, 0.1) is 24.1 Å². The third kappa shape index (κ3) is 4.80. The van der Waals surface area contributed by atoms with Crippen LogP contribution in [-0.4, -0.2) is 69.0 Å². The maximum Gasteiger partial charge on any atom is 0.237 e. The monoisotopic (exact) mass is 494 g/mol. The number of sulfonamides is 1. The second kappa shape index (κ2) is 9.23. The Bertz CT molecular complexity index is 741. The predicted molar refractivity (Wildman–Crippen MR) is 115 cm³/mol. The van der Waals surface area contributed by atoms with Crippen molar-refractivity contribution in [1.82, 2.24) is 10.2 Å². The summed E-state index contributed by atoms with van der Waals surface area (Å²) in [5, 5.41) is 12.9. The summed E-state index contributed by atoms with van der Waals surface area (Å²) in [4.78, 5) is 6.44. The minimum Gasteiger partial charge on any atom is -0.391 e. The van der Waals surface area contributed by atoms with Crippen LogP contribution in [0, 0.1) is 0 Å². The van der Waals surface area contributed by atoms with Gasteiger partial charge in [0.15, 0.2) is 5.96 Å². The van der Waals surface area contributed by atoms with Crippen LogP contribution in [0.1, 0.15) is 18.9 Å². The number of aliphatic hydroxyl groups excluding tert-OH is 1. The molecule has 0 aromatic heterocycles. The van der Waals surface area contributed by atoms with Crippen LogP contribution in [0.4, 0.5) is 5.69 Å². The van der Waals surface area contributed by atoms with Crippen LogP contribution in [0.5, 0.6) is 0 Å². The van der Waals surface area contributed by atoms with Crippen molar-refractivity contribution in [3.05, 3.63) is 29.8 Å². The number of aliphatic hydroxyl groups is 1. The quantitative estimate of drug-likeness (QED) is 0.363. The zero-order valence-corrected chi connectivity index (χ0v) is 18.1. The van der Waals surface area contributed by atoms with Crippen LogP contribution in [0.15, 0.2) is 29.3 Å². The topological polar surface area (TPSA) is 85.2 Å². The fourth-order valence-corrected chi connectivity index (χ4v) is 4.72. The molecule has 0 unspecified atom stereocenters. The molecule has 2 N–H and O–H groups in total. The van der Waals surface area contributed by atoms with Gasteiger partial charge in [-0.1, -0.05) is 18.2 Å². The molecule has 0 spiro atoms. The molecule has 3 rings (SSSR count). The van der Waals surface area contributed by atoms with E-state index in [1.54, 1.807) is 0 Å². The van der Waals surface area contributed by atoms with Crippen molar-refractivity contribution in [3.63, 3.8) is 0 Å². The first-order chi connectivity index (χ1) is 12.0. The summed E-state index contributed by atoms with van der Waals surface area (Å²) in [7, 11) is -3.39. The first-order valence-electron chi connectivity index (χ1n) is 8.81. The van der Waals surface area contributed by atoms with Gasteiger partial charge in [-0.2, -0.15) is 0 Å². The van der Waals surface area contributed by atoms with E-state index in [0.29, 0.717) is 32.0 Å². The fourth-order valence-electron chi connectivity index (χ4n) is 3.33. The third-order valence-corrected chi connectivity index (χ3v) is 6.34. The highest BCUT2D eigenvalue weighted by Gasteiger charge is 2.29. The van der Waals surface area contributed by atoms with E-state index in [1.807, 2.05) is 36.1 Å². The number of rotatable bonds is 5. The van der Waals surface area contributed by atoms with E-state index in [1.165, 1.54) is 4.31 Å². The average Bonchev–Trinajstić information content (AvgIpc) is 3.20. The summed E-state index contributed by atoms with van der Waals surface area (Å²) < 4.78 is 26.9. The van der Waals surface area contributed by atoms with Gasteiger partial charge in [0.25, 0.3) is 0 Å². The molecule has 2 aliphatic heterocycles. The Morgan fingerprint density at radius 3 is 2.81 bits per heavy atom. The van der Waals surface area contributed by atoms with E-state index in [9.17, 15) is 13.5 Å².